The average molecular weight is 292 g/mol. The molecule has 0 amide bonds. The van der Waals surface area contributed by atoms with E-state index < -0.39 is 0 Å². The summed E-state index contributed by atoms with van der Waals surface area (Å²) in [7, 11) is 1.56. The van der Waals surface area contributed by atoms with Crippen LogP contribution in [0.5, 0.6) is 5.75 Å². The second kappa shape index (κ2) is 4.72. The highest BCUT2D eigenvalue weighted by molar-refractivity contribution is 7.14. The maximum Gasteiger partial charge on any atom is 0.273 e. The van der Waals surface area contributed by atoms with Gasteiger partial charge < -0.3 is 4.74 Å². The number of fused-ring (bicyclic) bond motifs is 1. The van der Waals surface area contributed by atoms with Crippen LogP contribution in [-0.4, -0.2) is 11.1 Å². The van der Waals surface area contributed by atoms with Crippen LogP contribution in [0.3, 0.4) is 0 Å². The van der Waals surface area contributed by atoms with E-state index in [2.05, 4.69) is 0 Å². The molecule has 0 radical (unpaired) electrons. The number of aromatic nitrogens is 1. The van der Waals surface area contributed by atoms with Gasteiger partial charge in [-0.05, 0) is 30.3 Å². The van der Waals surface area contributed by atoms with Crippen LogP contribution < -0.4 is 10.3 Å². The molecule has 1 aromatic heterocycles. The molecule has 3 aromatic rings. The molecule has 0 aliphatic heterocycles. The van der Waals surface area contributed by atoms with Gasteiger partial charge in [-0.25, -0.2) is 3.96 Å². The molecule has 0 bridgehead atoms. The molecule has 19 heavy (non-hydrogen) atoms. The minimum atomic E-state index is -0.0261. The topological polar surface area (TPSA) is 31.2 Å². The standard InChI is InChI=1S/C14H10ClNO2S/c1-18-12-7-6-9(8-11(12)15)16-14(17)10-4-2-3-5-13(10)19-16/h2-8H,1H3. The number of ether oxygens (including phenoxy) is 1. The minimum Gasteiger partial charge on any atom is -0.495 e. The smallest absolute Gasteiger partial charge is 0.273 e. The molecular formula is C14H10ClNO2S. The van der Waals surface area contributed by atoms with E-state index in [1.54, 1.807) is 23.2 Å². The fraction of sp³-hybridized carbons (Fsp3) is 0.0714. The van der Waals surface area contributed by atoms with Crippen LogP contribution in [0.2, 0.25) is 5.02 Å². The molecule has 2 aromatic carbocycles. The predicted molar refractivity (Wildman–Crippen MR) is 79.0 cm³/mol. The van der Waals surface area contributed by atoms with E-state index in [0.29, 0.717) is 10.8 Å². The highest BCUT2D eigenvalue weighted by Gasteiger charge is 2.10. The summed E-state index contributed by atoms with van der Waals surface area (Å²) in [5.41, 5.74) is 0.721. The number of halogens is 1. The lowest BCUT2D eigenvalue weighted by Gasteiger charge is -2.05. The van der Waals surface area contributed by atoms with Crippen molar-refractivity contribution in [2.75, 3.05) is 7.11 Å². The number of methoxy groups -OCH3 is 1. The van der Waals surface area contributed by atoms with Crippen molar-refractivity contribution in [2.45, 2.75) is 0 Å². The Morgan fingerprint density at radius 3 is 2.68 bits per heavy atom. The lowest BCUT2D eigenvalue weighted by molar-refractivity contribution is 0.415. The van der Waals surface area contributed by atoms with Gasteiger partial charge in [-0.2, -0.15) is 0 Å². The van der Waals surface area contributed by atoms with Gasteiger partial charge >= 0.3 is 0 Å². The van der Waals surface area contributed by atoms with Crippen LogP contribution in [0.1, 0.15) is 0 Å². The average Bonchev–Trinajstić information content (AvgIpc) is 2.77. The summed E-state index contributed by atoms with van der Waals surface area (Å²) < 4.78 is 7.70. The molecule has 0 aliphatic rings. The summed E-state index contributed by atoms with van der Waals surface area (Å²) in [4.78, 5) is 12.3. The quantitative estimate of drug-likeness (QED) is 0.721. The molecule has 5 heteroatoms. The lowest BCUT2D eigenvalue weighted by atomic mass is 10.3. The van der Waals surface area contributed by atoms with Crippen molar-refractivity contribution < 1.29 is 4.74 Å². The summed E-state index contributed by atoms with van der Waals surface area (Å²) >= 11 is 7.50. The molecule has 0 unspecified atom stereocenters. The third-order valence-corrected chi connectivity index (χ3v) is 4.27. The number of nitrogens with zero attached hydrogens (tertiary/aromatic N) is 1. The largest absolute Gasteiger partial charge is 0.495 e. The Balaban J connectivity index is 2.22. The van der Waals surface area contributed by atoms with Crippen molar-refractivity contribution in [3.8, 4) is 11.4 Å². The first-order valence-corrected chi connectivity index (χ1v) is 6.81. The summed E-state index contributed by atoms with van der Waals surface area (Å²) in [5.74, 6) is 0.597. The Hall–Kier alpha value is -1.78. The van der Waals surface area contributed by atoms with Crippen molar-refractivity contribution in [1.29, 1.82) is 0 Å². The van der Waals surface area contributed by atoms with Crippen molar-refractivity contribution in [2.24, 2.45) is 0 Å². The molecular weight excluding hydrogens is 282 g/mol. The van der Waals surface area contributed by atoms with Crippen LogP contribution >= 0.6 is 23.1 Å². The van der Waals surface area contributed by atoms with Crippen molar-refractivity contribution >= 4 is 33.2 Å². The molecule has 0 atom stereocenters. The van der Waals surface area contributed by atoms with Gasteiger partial charge in [-0.1, -0.05) is 35.3 Å². The van der Waals surface area contributed by atoms with Crippen molar-refractivity contribution in [3.63, 3.8) is 0 Å². The summed E-state index contributed by atoms with van der Waals surface area (Å²) in [6.45, 7) is 0. The van der Waals surface area contributed by atoms with Crippen LogP contribution in [0, 0.1) is 0 Å². The molecule has 0 N–H and O–H groups in total. The van der Waals surface area contributed by atoms with E-state index in [0.717, 1.165) is 15.8 Å². The molecule has 0 saturated heterocycles. The van der Waals surface area contributed by atoms with Crippen LogP contribution in [0.25, 0.3) is 15.8 Å². The Kier molecular flexibility index (Phi) is 3.05. The van der Waals surface area contributed by atoms with Gasteiger partial charge in [0.2, 0.25) is 0 Å². The molecule has 96 valence electrons. The minimum absolute atomic E-state index is 0.0261. The van der Waals surface area contributed by atoms with Crippen LogP contribution in [-0.2, 0) is 0 Å². The molecule has 3 rings (SSSR count). The van der Waals surface area contributed by atoms with E-state index in [4.69, 9.17) is 16.3 Å². The lowest BCUT2D eigenvalue weighted by Crippen LogP contribution is -2.10. The maximum atomic E-state index is 12.3. The van der Waals surface area contributed by atoms with Crippen LogP contribution in [0.4, 0.5) is 0 Å². The summed E-state index contributed by atoms with van der Waals surface area (Å²) in [6, 6.07) is 12.9. The fourth-order valence-electron chi connectivity index (χ4n) is 1.92. The molecule has 0 fully saturated rings. The maximum absolute atomic E-state index is 12.3. The third-order valence-electron chi connectivity index (χ3n) is 2.86. The Labute approximate surface area is 118 Å². The second-order valence-electron chi connectivity index (χ2n) is 4.01. The van der Waals surface area contributed by atoms with Gasteiger partial charge in [0.15, 0.2) is 0 Å². The number of rotatable bonds is 2. The van der Waals surface area contributed by atoms with E-state index in [1.807, 2.05) is 30.3 Å². The third kappa shape index (κ3) is 2.03. The van der Waals surface area contributed by atoms with Crippen LogP contribution in [0.15, 0.2) is 47.3 Å². The second-order valence-corrected chi connectivity index (χ2v) is 5.40. The monoisotopic (exact) mass is 291 g/mol. The fourth-order valence-corrected chi connectivity index (χ4v) is 3.17. The van der Waals surface area contributed by atoms with Gasteiger partial charge in [0.25, 0.3) is 5.56 Å². The molecule has 1 heterocycles. The molecule has 0 saturated carbocycles. The Bertz CT molecular complexity index is 807. The van der Waals surface area contributed by atoms with Gasteiger partial charge in [0.1, 0.15) is 5.75 Å². The number of benzene rings is 2. The van der Waals surface area contributed by atoms with Gasteiger partial charge in [0.05, 0.1) is 27.9 Å². The van der Waals surface area contributed by atoms with Gasteiger partial charge in [-0.3, -0.25) is 4.79 Å². The van der Waals surface area contributed by atoms with E-state index in [9.17, 15) is 4.79 Å². The zero-order valence-corrected chi connectivity index (χ0v) is 11.7. The van der Waals surface area contributed by atoms with Gasteiger partial charge in [0, 0.05) is 0 Å². The van der Waals surface area contributed by atoms with E-state index >= 15 is 0 Å². The van der Waals surface area contributed by atoms with E-state index in [-0.39, 0.29) is 5.56 Å². The van der Waals surface area contributed by atoms with Gasteiger partial charge in [-0.15, -0.1) is 0 Å². The first-order chi connectivity index (χ1) is 9.20. The predicted octanol–water partition coefficient (Wildman–Crippen LogP) is 3.71. The Morgan fingerprint density at radius 2 is 2.00 bits per heavy atom. The molecule has 0 aliphatic carbocycles. The highest BCUT2D eigenvalue weighted by Crippen LogP contribution is 2.28. The summed E-state index contributed by atoms with van der Waals surface area (Å²) in [5, 5.41) is 1.21. The summed E-state index contributed by atoms with van der Waals surface area (Å²) in [6.07, 6.45) is 0. The molecule has 0 spiro atoms. The zero-order chi connectivity index (χ0) is 13.4. The normalized spacial score (nSPS) is 10.8. The first-order valence-electron chi connectivity index (χ1n) is 5.65. The zero-order valence-electron chi connectivity index (χ0n) is 10.1. The van der Waals surface area contributed by atoms with Crippen molar-refractivity contribution in [1.82, 2.24) is 3.96 Å². The Morgan fingerprint density at radius 1 is 1.21 bits per heavy atom. The highest BCUT2D eigenvalue weighted by atomic mass is 35.5. The number of hydrogen-bond donors (Lipinski definition) is 0. The molecule has 3 nitrogen and oxygen atoms in total. The SMILES string of the molecule is COc1ccc(-n2sc3ccccc3c2=O)cc1Cl. The first kappa shape index (κ1) is 12.3. The number of hydrogen-bond acceptors (Lipinski definition) is 3. The van der Waals surface area contributed by atoms with E-state index in [1.165, 1.54) is 11.5 Å². The van der Waals surface area contributed by atoms with Crippen molar-refractivity contribution in [3.05, 3.63) is 57.8 Å².